The van der Waals surface area contributed by atoms with Crippen molar-refractivity contribution in [3.63, 3.8) is 0 Å². The summed E-state index contributed by atoms with van der Waals surface area (Å²) in [5, 5.41) is 4.65. The lowest BCUT2D eigenvalue weighted by molar-refractivity contribution is 0.252. The third-order valence-electron chi connectivity index (χ3n) is 2.46. The Morgan fingerprint density at radius 3 is 2.55 bits per heavy atom. The van der Waals surface area contributed by atoms with Gasteiger partial charge < -0.3 is 10.6 Å². The summed E-state index contributed by atoms with van der Waals surface area (Å²) in [6.45, 7) is 5.70. The number of amides is 2. The standard InChI is InChI=1S/C13H18F2N2O2S/c1-13(2,3)20(19)8-7-16-12(18)17-10-6-4-5-9(14)11(10)15/h4-6H,7-8H2,1-3H3,(H2,16,17,18). The molecule has 1 aromatic carbocycles. The summed E-state index contributed by atoms with van der Waals surface area (Å²) in [7, 11) is -1.08. The van der Waals surface area contributed by atoms with Crippen molar-refractivity contribution in [2.75, 3.05) is 17.6 Å². The van der Waals surface area contributed by atoms with Crippen LogP contribution in [0, 0.1) is 11.6 Å². The minimum absolute atomic E-state index is 0.187. The van der Waals surface area contributed by atoms with Gasteiger partial charge in [-0.25, -0.2) is 13.6 Å². The maximum Gasteiger partial charge on any atom is 0.319 e. The number of hydrogen-bond acceptors (Lipinski definition) is 2. The number of anilines is 1. The summed E-state index contributed by atoms with van der Waals surface area (Å²) >= 11 is 0. The van der Waals surface area contributed by atoms with E-state index in [9.17, 15) is 17.8 Å². The Hall–Kier alpha value is -1.50. The number of halogens is 2. The molecule has 0 radical (unpaired) electrons. The third-order valence-corrected chi connectivity index (χ3v) is 4.40. The molecule has 1 rings (SSSR count). The number of nitrogens with one attached hydrogen (secondary N) is 2. The molecular formula is C13H18F2N2O2S. The zero-order chi connectivity index (χ0) is 15.3. The average molecular weight is 304 g/mol. The predicted molar refractivity (Wildman–Crippen MR) is 76.1 cm³/mol. The Morgan fingerprint density at radius 1 is 1.30 bits per heavy atom. The van der Waals surface area contributed by atoms with Crippen molar-refractivity contribution in [1.82, 2.24) is 5.32 Å². The molecule has 0 saturated carbocycles. The molecule has 0 aliphatic carbocycles. The number of urea groups is 1. The van der Waals surface area contributed by atoms with Crippen LogP contribution in [0.25, 0.3) is 0 Å². The van der Waals surface area contributed by atoms with Crippen molar-refractivity contribution in [3.8, 4) is 0 Å². The topological polar surface area (TPSA) is 58.2 Å². The Morgan fingerprint density at radius 2 is 1.95 bits per heavy atom. The monoisotopic (exact) mass is 304 g/mol. The van der Waals surface area contributed by atoms with Gasteiger partial charge >= 0.3 is 6.03 Å². The second-order valence-corrected chi connectivity index (χ2v) is 7.47. The smallest absolute Gasteiger partial charge is 0.319 e. The van der Waals surface area contributed by atoms with Crippen LogP contribution in [0.3, 0.4) is 0 Å². The van der Waals surface area contributed by atoms with Crippen molar-refractivity contribution in [1.29, 1.82) is 0 Å². The zero-order valence-electron chi connectivity index (χ0n) is 11.6. The molecule has 2 amide bonds. The van der Waals surface area contributed by atoms with E-state index in [1.165, 1.54) is 12.1 Å². The Labute approximate surface area is 119 Å². The molecule has 0 saturated heterocycles. The molecule has 0 heterocycles. The number of benzene rings is 1. The van der Waals surface area contributed by atoms with Crippen LogP contribution in [0.15, 0.2) is 18.2 Å². The van der Waals surface area contributed by atoms with Gasteiger partial charge in [0.15, 0.2) is 11.6 Å². The molecule has 20 heavy (non-hydrogen) atoms. The van der Waals surface area contributed by atoms with Gasteiger partial charge in [-0.05, 0) is 32.9 Å². The molecule has 4 nitrogen and oxygen atoms in total. The molecule has 0 fully saturated rings. The van der Waals surface area contributed by atoms with Gasteiger partial charge in [-0.1, -0.05) is 6.07 Å². The first-order valence-corrected chi connectivity index (χ1v) is 7.41. The Kier molecular flexibility index (Phi) is 5.62. The first-order chi connectivity index (χ1) is 9.21. The Bertz CT molecular complexity index is 516. The van der Waals surface area contributed by atoms with Crippen LogP contribution in [0.1, 0.15) is 20.8 Å². The van der Waals surface area contributed by atoms with Crippen LogP contribution in [0.2, 0.25) is 0 Å². The van der Waals surface area contributed by atoms with Crippen LogP contribution in [0.4, 0.5) is 19.3 Å². The molecule has 0 bridgehead atoms. The summed E-state index contributed by atoms with van der Waals surface area (Å²) in [6.07, 6.45) is 0. The molecule has 0 spiro atoms. The van der Waals surface area contributed by atoms with Gasteiger partial charge in [0.25, 0.3) is 0 Å². The first kappa shape index (κ1) is 16.6. The van der Waals surface area contributed by atoms with Crippen molar-refractivity contribution in [2.24, 2.45) is 0 Å². The maximum absolute atomic E-state index is 13.3. The van der Waals surface area contributed by atoms with E-state index >= 15 is 0 Å². The summed E-state index contributed by atoms with van der Waals surface area (Å²) in [5.41, 5.74) is -0.237. The van der Waals surface area contributed by atoms with Crippen LogP contribution >= 0.6 is 0 Å². The van der Waals surface area contributed by atoms with Crippen molar-refractivity contribution >= 4 is 22.5 Å². The zero-order valence-corrected chi connectivity index (χ0v) is 12.4. The molecule has 1 aromatic rings. The van der Waals surface area contributed by atoms with Crippen LogP contribution < -0.4 is 10.6 Å². The van der Waals surface area contributed by atoms with E-state index in [1.807, 2.05) is 20.8 Å². The lowest BCUT2D eigenvalue weighted by Crippen LogP contribution is -2.35. The van der Waals surface area contributed by atoms with Gasteiger partial charge in [0.1, 0.15) is 0 Å². The van der Waals surface area contributed by atoms with Gasteiger partial charge in [0.2, 0.25) is 0 Å². The maximum atomic E-state index is 13.3. The lowest BCUT2D eigenvalue weighted by Gasteiger charge is -2.17. The molecule has 112 valence electrons. The molecule has 1 unspecified atom stereocenters. The SMILES string of the molecule is CC(C)(C)S(=O)CCNC(=O)Nc1cccc(F)c1F. The van der Waals surface area contributed by atoms with Gasteiger partial charge in [-0.3, -0.25) is 4.21 Å². The number of carbonyl (C=O) groups excluding carboxylic acids is 1. The second kappa shape index (κ2) is 6.78. The highest BCUT2D eigenvalue weighted by atomic mass is 32.2. The fourth-order valence-electron chi connectivity index (χ4n) is 1.33. The van der Waals surface area contributed by atoms with E-state index in [1.54, 1.807) is 0 Å². The minimum Gasteiger partial charge on any atom is -0.337 e. The quantitative estimate of drug-likeness (QED) is 0.898. The van der Waals surface area contributed by atoms with Crippen molar-refractivity contribution in [3.05, 3.63) is 29.8 Å². The van der Waals surface area contributed by atoms with Crippen LogP contribution in [0.5, 0.6) is 0 Å². The van der Waals surface area contributed by atoms with E-state index in [0.29, 0.717) is 5.75 Å². The number of carbonyl (C=O) groups is 1. The third kappa shape index (κ3) is 4.88. The molecule has 0 aliphatic heterocycles. The van der Waals surface area contributed by atoms with Gasteiger partial charge in [0.05, 0.1) is 5.69 Å². The highest BCUT2D eigenvalue weighted by Crippen LogP contribution is 2.16. The summed E-state index contributed by atoms with van der Waals surface area (Å²) in [6, 6.07) is 2.85. The van der Waals surface area contributed by atoms with Crippen molar-refractivity contribution < 1.29 is 17.8 Å². The van der Waals surface area contributed by atoms with E-state index in [-0.39, 0.29) is 17.0 Å². The summed E-state index contributed by atoms with van der Waals surface area (Å²) in [4.78, 5) is 11.5. The van der Waals surface area contributed by atoms with E-state index in [0.717, 1.165) is 6.07 Å². The highest BCUT2D eigenvalue weighted by Gasteiger charge is 2.19. The fraction of sp³-hybridized carbons (Fsp3) is 0.462. The minimum atomic E-state index is -1.11. The van der Waals surface area contributed by atoms with Gasteiger partial charge in [-0.15, -0.1) is 0 Å². The molecule has 7 heteroatoms. The molecule has 1 atom stereocenters. The first-order valence-electron chi connectivity index (χ1n) is 6.09. The molecule has 2 N–H and O–H groups in total. The van der Waals surface area contributed by atoms with Crippen molar-refractivity contribution in [2.45, 2.75) is 25.5 Å². The Balaban J connectivity index is 2.45. The molecule has 0 aromatic heterocycles. The average Bonchev–Trinajstić information content (AvgIpc) is 2.33. The summed E-state index contributed by atoms with van der Waals surface area (Å²) < 4.78 is 37.6. The second-order valence-electron chi connectivity index (χ2n) is 5.14. The number of hydrogen-bond donors (Lipinski definition) is 2. The van der Waals surface area contributed by atoms with Gasteiger partial charge in [0, 0.05) is 27.8 Å². The summed E-state index contributed by atoms with van der Waals surface area (Å²) in [5.74, 6) is -1.85. The largest absolute Gasteiger partial charge is 0.337 e. The normalized spacial score (nSPS) is 12.8. The van der Waals surface area contributed by atoms with Crippen LogP contribution in [-0.4, -0.2) is 27.3 Å². The highest BCUT2D eigenvalue weighted by molar-refractivity contribution is 7.86. The van der Waals surface area contributed by atoms with Crippen LogP contribution in [-0.2, 0) is 10.8 Å². The van der Waals surface area contributed by atoms with E-state index < -0.39 is 28.5 Å². The molecule has 0 aliphatic rings. The van der Waals surface area contributed by atoms with E-state index in [2.05, 4.69) is 10.6 Å². The number of rotatable bonds is 4. The molecular weight excluding hydrogens is 286 g/mol. The lowest BCUT2D eigenvalue weighted by atomic mass is 10.3. The van der Waals surface area contributed by atoms with E-state index in [4.69, 9.17) is 0 Å². The fourth-order valence-corrected chi connectivity index (χ4v) is 2.23. The predicted octanol–water partition coefficient (Wildman–Crippen LogP) is 2.63. The van der Waals surface area contributed by atoms with Gasteiger partial charge in [-0.2, -0.15) is 0 Å².